The number of ether oxygens (including phenoxy) is 1. The number of amides is 1. The lowest BCUT2D eigenvalue weighted by atomic mass is 10.4. The Bertz CT molecular complexity index is 634. The SMILES string of the molecule is CCn1nc(C)c2nc(CCCl)n(CCOCC(N)=O)c21. The van der Waals surface area contributed by atoms with Crippen LogP contribution in [0.1, 0.15) is 18.4 Å². The lowest BCUT2D eigenvalue weighted by molar-refractivity contribution is -0.122. The highest BCUT2D eigenvalue weighted by atomic mass is 35.5. The van der Waals surface area contributed by atoms with E-state index in [1.54, 1.807) is 0 Å². The summed E-state index contributed by atoms with van der Waals surface area (Å²) in [5.41, 5.74) is 7.82. The van der Waals surface area contributed by atoms with Crippen LogP contribution in [0.5, 0.6) is 0 Å². The summed E-state index contributed by atoms with van der Waals surface area (Å²) in [6.07, 6.45) is 0.676. The molecule has 0 atom stereocenters. The number of carbonyl (C=O) groups excluding carboxylic acids is 1. The number of nitrogens with two attached hydrogens (primary N) is 1. The van der Waals surface area contributed by atoms with Gasteiger partial charge >= 0.3 is 0 Å². The van der Waals surface area contributed by atoms with E-state index in [4.69, 9.17) is 22.1 Å². The number of imidazole rings is 1. The van der Waals surface area contributed by atoms with Gasteiger partial charge in [0.25, 0.3) is 0 Å². The van der Waals surface area contributed by atoms with Gasteiger partial charge in [0.15, 0.2) is 5.65 Å². The van der Waals surface area contributed by atoms with E-state index in [0.29, 0.717) is 25.5 Å². The topological polar surface area (TPSA) is 88.0 Å². The highest BCUT2D eigenvalue weighted by Gasteiger charge is 2.17. The maximum Gasteiger partial charge on any atom is 0.243 e. The Morgan fingerprint density at radius 2 is 2.24 bits per heavy atom. The molecule has 0 aliphatic rings. The summed E-state index contributed by atoms with van der Waals surface area (Å²) in [4.78, 5) is 15.3. The smallest absolute Gasteiger partial charge is 0.243 e. The van der Waals surface area contributed by atoms with E-state index in [0.717, 1.165) is 29.2 Å². The van der Waals surface area contributed by atoms with Crippen molar-refractivity contribution in [1.82, 2.24) is 19.3 Å². The summed E-state index contributed by atoms with van der Waals surface area (Å²) in [7, 11) is 0. The number of halogens is 1. The van der Waals surface area contributed by atoms with Crippen molar-refractivity contribution >= 4 is 28.7 Å². The number of aromatic nitrogens is 4. The van der Waals surface area contributed by atoms with Gasteiger partial charge in [-0.2, -0.15) is 5.10 Å². The Morgan fingerprint density at radius 3 is 2.86 bits per heavy atom. The Labute approximate surface area is 128 Å². The summed E-state index contributed by atoms with van der Waals surface area (Å²) in [5.74, 6) is 0.937. The molecule has 0 aromatic carbocycles. The van der Waals surface area contributed by atoms with E-state index in [1.807, 2.05) is 18.5 Å². The summed E-state index contributed by atoms with van der Waals surface area (Å²) >= 11 is 5.85. The maximum atomic E-state index is 10.7. The Morgan fingerprint density at radius 1 is 1.48 bits per heavy atom. The van der Waals surface area contributed by atoms with Crippen molar-refractivity contribution < 1.29 is 9.53 Å². The lowest BCUT2D eigenvalue weighted by Crippen LogP contribution is -2.20. The number of hydrogen-bond acceptors (Lipinski definition) is 4. The third kappa shape index (κ3) is 3.36. The first kappa shape index (κ1) is 15.8. The van der Waals surface area contributed by atoms with Gasteiger partial charge in [-0.15, -0.1) is 11.6 Å². The molecule has 2 N–H and O–H groups in total. The van der Waals surface area contributed by atoms with Crippen molar-refractivity contribution in [2.45, 2.75) is 33.4 Å². The van der Waals surface area contributed by atoms with Crippen LogP contribution >= 0.6 is 11.6 Å². The maximum absolute atomic E-state index is 10.7. The van der Waals surface area contributed by atoms with Crippen molar-refractivity contribution in [2.24, 2.45) is 5.73 Å². The van der Waals surface area contributed by atoms with Crippen molar-refractivity contribution in [2.75, 3.05) is 19.1 Å². The molecule has 0 spiro atoms. The molecule has 0 fully saturated rings. The Hall–Kier alpha value is -1.60. The second-order valence-corrected chi connectivity index (χ2v) is 5.09. The molecule has 21 heavy (non-hydrogen) atoms. The van der Waals surface area contributed by atoms with Gasteiger partial charge in [0.05, 0.1) is 12.3 Å². The highest BCUT2D eigenvalue weighted by molar-refractivity contribution is 6.17. The molecule has 0 aliphatic carbocycles. The fraction of sp³-hybridized carbons (Fsp3) is 0.615. The summed E-state index contributed by atoms with van der Waals surface area (Å²) in [6, 6.07) is 0. The van der Waals surface area contributed by atoms with Crippen LogP contribution in [0.25, 0.3) is 11.2 Å². The number of nitrogens with zero attached hydrogens (tertiary/aromatic N) is 4. The molecule has 1 amide bonds. The van der Waals surface area contributed by atoms with Crippen LogP contribution in [-0.2, 0) is 29.0 Å². The van der Waals surface area contributed by atoms with E-state index in [1.165, 1.54) is 0 Å². The molecule has 8 heteroatoms. The Kier molecular flexibility index (Phi) is 5.19. The third-order valence-electron chi connectivity index (χ3n) is 3.20. The van der Waals surface area contributed by atoms with E-state index in [-0.39, 0.29) is 6.61 Å². The number of carbonyl (C=O) groups is 1. The standard InChI is InChI=1S/C13H20ClN5O2/c1-3-19-13-12(9(2)17-19)16-11(4-5-14)18(13)6-7-21-8-10(15)20/h3-8H2,1-2H3,(H2,15,20). The second-order valence-electron chi connectivity index (χ2n) is 4.71. The largest absolute Gasteiger partial charge is 0.370 e. The van der Waals surface area contributed by atoms with Gasteiger partial charge in [-0.05, 0) is 13.8 Å². The van der Waals surface area contributed by atoms with Crippen molar-refractivity contribution in [3.63, 3.8) is 0 Å². The molecule has 0 bridgehead atoms. The van der Waals surface area contributed by atoms with Crippen LogP contribution in [0, 0.1) is 6.92 Å². The van der Waals surface area contributed by atoms with Gasteiger partial charge < -0.3 is 15.0 Å². The van der Waals surface area contributed by atoms with Gasteiger partial charge in [0.2, 0.25) is 5.91 Å². The van der Waals surface area contributed by atoms with Crippen LogP contribution < -0.4 is 5.73 Å². The van der Waals surface area contributed by atoms with Crippen LogP contribution in [-0.4, -0.2) is 44.3 Å². The first-order valence-electron chi connectivity index (χ1n) is 6.93. The minimum Gasteiger partial charge on any atom is -0.370 e. The van der Waals surface area contributed by atoms with Crippen molar-refractivity contribution in [1.29, 1.82) is 0 Å². The molecule has 2 rings (SSSR count). The molecule has 0 aliphatic heterocycles. The minimum atomic E-state index is -0.471. The predicted molar refractivity (Wildman–Crippen MR) is 80.4 cm³/mol. The number of alkyl halides is 1. The molecular weight excluding hydrogens is 294 g/mol. The summed E-state index contributed by atoms with van der Waals surface area (Å²) < 4.78 is 9.22. The molecule has 116 valence electrons. The van der Waals surface area contributed by atoms with Gasteiger partial charge in [0, 0.05) is 25.4 Å². The first-order chi connectivity index (χ1) is 10.1. The average Bonchev–Trinajstić information content (AvgIpc) is 2.94. The van der Waals surface area contributed by atoms with Crippen molar-refractivity contribution in [3.8, 4) is 0 Å². The van der Waals surface area contributed by atoms with Crippen LogP contribution in [0.15, 0.2) is 0 Å². The van der Waals surface area contributed by atoms with Crippen molar-refractivity contribution in [3.05, 3.63) is 11.5 Å². The normalized spacial score (nSPS) is 11.4. The van der Waals surface area contributed by atoms with Crippen LogP contribution in [0.3, 0.4) is 0 Å². The lowest BCUT2D eigenvalue weighted by Gasteiger charge is -2.10. The fourth-order valence-corrected chi connectivity index (χ4v) is 2.50. The van der Waals surface area contributed by atoms with E-state index in [2.05, 4.69) is 14.6 Å². The van der Waals surface area contributed by atoms with Gasteiger partial charge in [-0.3, -0.25) is 4.79 Å². The number of hydrogen-bond donors (Lipinski definition) is 1. The minimum absolute atomic E-state index is 0.0747. The Balaban J connectivity index is 2.28. The monoisotopic (exact) mass is 313 g/mol. The molecular formula is C13H20ClN5O2. The van der Waals surface area contributed by atoms with Crippen LogP contribution in [0.4, 0.5) is 0 Å². The van der Waals surface area contributed by atoms with E-state index in [9.17, 15) is 4.79 Å². The number of fused-ring (bicyclic) bond motifs is 1. The zero-order chi connectivity index (χ0) is 15.4. The third-order valence-corrected chi connectivity index (χ3v) is 3.39. The van der Waals surface area contributed by atoms with E-state index >= 15 is 0 Å². The summed E-state index contributed by atoms with van der Waals surface area (Å²) in [5, 5.41) is 4.47. The fourth-order valence-electron chi connectivity index (χ4n) is 2.33. The quantitative estimate of drug-likeness (QED) is 0.578. The number of aryl methyl sites for hydroxylation is 3. The zero-order valence-electron chi connectivity index (χ0n) is 12.3. The first-order valence-corrected chi connectivity index (χ1v) is 7.46. The average molecular weight is 314 g/mol. The van der Waals surface area contributed by atoms with E-state index < -0.39 is 5.91 Å². The number of primary amides is 1. The zero-order valence-corrected chi connectivity index (χ0v) is 13.1. The van der Waals surface area contributed by atoms with Gasteiger partial charge in [-0.25, -0.2) is 9.67 Å². The highest BCUT2D eigenvalue weighted by Crippen LogP contribution is 2.20. The summed E-state index contributed by atoms with van der Waals surface area (Å²) in [6.45, 7) is 5.64. The molecule has 2 aromatic heterocycles. The molecule has 7 nitrogen and oxygen atoms in total. The molecule has 0 saturated carbocycles. The predicted octanol–water partition coefficient (Wildman–Crippen LogP) is 0.844. The van der Waals surface area contributed by atoms with Gasteiger partial charge in [-0.1, -0.05) is 0 Å². The second kappa shape index (κ2) is 6.91. The number of rotatable bonds is 8. The van der Waals surface area contributed by atoms with Crippen LogP contribution in [0.2, 0.25) is 0 Å². The molecule has 0 radical (unpaired) electrons. The van der Waals surface area contributed by atoms with Gasteiger partial charge in [0.1, 0.15) is 17.9 Å². The molecule has 0 unspecified atom stereocenters. The molecule has 0 saturated heterocycles. The molecule has 2 heterocycles. The molecule has 2 aromatic rings.